The molecule has 3 nitrogen and oxygen atoms in total. The fourth-order valence-corrected chi connectivity index (χ4v) is 6.86. The van der Waals surface area contributed by atoms with E-state index in [1.165, 1.54) is 17.6 Å². The Morgan fingerprint density at radius 2 is 2.07 bits per heavy atom. The Morgan fingerprint density at radius 3 is 2.78 bits per heavy atom. The molecule has 142 valence electrons. The number of carboxylic acid groups (broad SMARTS) is 1. The second-order valence-corrected chi connectivity index (χ2v) is 9.52. The maximum absolute atomic E-state index is 11.9. The summed E-state index contributed by atoms with van der Waals surface area (Å²) in [7, 11) is 0. The van der Waals surface area contributed by atoms with Gasteiger partial charge < -0.3 is 6.53 Å². The number of carbonyl (C=O) groups excluding carboxylic acids is 1. The SMILES string of the molecule is C=C1C[C@H]2[C@@H]3C=CC4=CC(=O)CC[C@]4(C)[C@H]3CC[C@]2(C)[C@H]1CCC(=O)O.[H-].[K+]. The van der Waals surface area contributed by atoms with Crippen LogP contribution >= 0.6 is 0 Å². The Kier molecular flexibility index (Phi) is 6.17. The Morgan fingerprint density at radius 1 is 1.33 bits per heavy atom. The smallest absolute Gasteiger partial charge is 1.00 e. The van der Waals surface area contributed by atoms with E-state index in [0.717, 1.165) is 25.7 Å². The minimum absolute atomic E-state index is 0. The maximum atomic E-state index is 11.9. The molecule has 4 rings (SSSR count). The Hall–Kier alpha value is -0.00364. The van der Waals surface area contributed by atoms with Crippen molar-refractivity contribution in [2.45, 2.75) is 58.8 Å². The van der Waals surface area contributed by atoms with E-state index in [1.807, 2.05) is 6.08 Å². The molecule has 0 aromatic carbocycles. The zero-order valence-electron chi connectivity index (χ0n) is 18.0. The molecule has 0 heterocycles. The second kappa shape index (κ2) is 7.68. The summed E-state index contributed by atoms with van der Waals surface area (Å²) in [5.41, 5.74) is 2.78. The molecular weight excluding hydrogens is 363 g/mol. The summed E-state index contributed by atoms with van der Waals surface area (Å²) in [4.78, 5) is 23.0. The topological polar surface area (TPSA) is 54.4 Å². The molecule has 2 fully saturated rings. The van der Waals surface area contributed by atoms with Crippen LogP contribution in [0.2, 0.25) is 0 Å². The van der Waals surface area contributed by atoms with Gasteiger partial charge in [-0.3, -0.25) is 9.59 Å². The van der Waals surface area contributed by atoms with Crippen LogP contribution in [0.5, 0.6) is 0 Å². The number of rotatable bonds is 3. The minimum atomic E-state index is -0.703. The summed E-state index contributed by atoms with van der Waals surface area (Å²) in [6, 6.07) is 0. The average Bonchev–Trinajstić information content (AvgIpc) is 2.83. The first-order chi connectivity index (χ1) is 12.3. The number of hydrogen-bond donors (Lipinski definition) is 1. The van der Waals surface area contributed by atoms with Gasteiger partial charge in [0.05, 0.1) is 0 Å². The first kappa shape index (κ1) is 21.7. The van der Waals surface area contributed by atoms with Gasteiger partial charge in [0.2, 0.25) is 0 Å². The van der Waals surface area contributed by atoms with E-state index in [-0.39, 0.29) is 75.8 Å². The number of fused-ring (bicyclic) bond motifs is 5. The van der Waals surface area contributed by atoms with Gasteiger partial charge in [-0.1, -0.05) is 38.2 Å². The van der Waals surface area contributed by atoms with Crippen molar-refractivity contribution in [1.82, 2.24) is 0 Å². The van der Waals surface area contributed by atoms with Gasteiger partial charge >= 0.3 is 57.4 Å². The molecule has 4 aliphatic rings. The fourth-order valence-electron chi connectivity index (χ4n) is 6.86. The van der Waals surface area contributed by atoms with Crippen LogP contribution in [0.25, 0.3) is 0 Å². The molecule has 0 unspecified atom stereocenters. The van der Waals surface area contributed by atoms with Crippen LogP contribution in [0.3, 0.4) is 0 Å². The van der Waals surface area contributed by atoms with Crippen molar-refractivity contribution in [3.05, 3.63) is 36.0 Å². The largest absolute Gasteiger partial charge is 1.00 e. The summed E-state index contributed by atoms with van der Waals surface area (Å²) in [5, 5.41) is 9.14. The molecule has 4 aliphatic carbocycles. The van der Waals surface area contributed by atoms with Crippen molar-refractivity contribution in [2.75, 3.05) is 0 Å². The van der Waals surface area contributed by atoms with E-state index < -0.39 is 5.97 Å². The van der Waals surface area contributed by atoms with Crippen LogP contribution in [-0.2, 0) is 9.59 Å². The van der Waals surface area contributed by atoms with E-state index in [1.54, 1.807) is 0 Å². The zero-order valence-corrected chi connectivity index (χ0v) is 20.1. The van der Waals surface area contributed by atoms with Crippen LogP contribution in [0.4, 0.5) is 0 Å². The maximum Gasteiger partial charge on any atom is 1.00 e. The van der Waals surface area contributed by atoms with Gasteiger partial charge in [-0.25, -0.2) is 0 Å². The molecule has 0 bridgehead atoms. The summed E-state index contributed by atoms with van der Waals surface area (Å²) in [5.74, 6) is 1.57. The number of carbonyl (C=O) groups is 2. The Bertz CT molecular complexity index is 742. The van der Waals surface area contributed by atoms with Crippen molar-refractivity contribution in [3.63, 3.8) is 0 Å². The van der Waals surface area contributed by atoms with Gasteiger partial charge in [-0.05, 0) is 78.3 Å². The summed E-state index contributed by atoms with van der Waals surface area (Å²) < 4.78 is 0. The third kappa shape index (κ3) is 3.44. The normalized spacial score (nSPS) is 42.5. The van der Waals surface area contributed by atoms with Gasteiger partial charge in [-0.15, -0.1) is 0 Å². The summed E-state index contributed by atoms with van der Waals surface area (Å²) in [6.07, 6.45) is 12.4. The van der Waals surface area contributed by atoms with Gasteiger partial charge in [-0.2, -0.15) is 0 Å². The quantitative estimate of drug-likeness (QED) is 0.589. The number of ketones is 1. The summed E-state index contributed by atoms with van der Waals surface area (Å²) >= 11 is 0. The van der Waals surface area contributed by atoms with E-state index in [0.29, 0.717) is 30.1 Å². The zero-order chi connectivity index (χ0) is 18.7. The summed E-state index contributed by atoms with van der Waals surface area (Å²) in [6.45, 7) is 9.10. The van der Waals surface area contributed by atoms with Crippen LogP contribution in [0, 0.1) is 34.5 Å². The van der Waals surface area contributed by atoms with Crippen LogP contribution in [-0.4, -0.2) is 16.9 Å². The molecule has 27 heavy (non-hydrogen) atoms. The number of hydrogen-bond acceptors (Lipinski definition) is 2. The third-order valence-electron chi connectivity index (χ3n) is 8.37. The average molecular weight is 395 g/mol. The molecule has 0 aromatic heterocycles. The Balaban J connectivity index is 0.00000140. The first-order valence-electron chi connectivity index (χ1n) is 10.1. The van der Waals surface area contributed by atoms with Crippen molar-refractivity contribution >= 4 is 11.8 Å². The molecule has 0 saturated heterocycles. The van der Waals surface area contributed by atoms with Crippen LogP contribution in [0.1, 0.15) is 60.2 Å². The molecular formula is C23H31KO3. The molecule has 0 radical (unpaired) electrons. The number of carboxylic acids is 1. The van der Waals surface area contributed by atoms with Crippen molar-refractivity contribution in [1.29, 1.82) is 0 Å². The van der Waals surface area contributed by atoms with Crippen molar-refractivity contribution in [3.8, 4) is 0 Å². The Labute approximate surface area is 206 Å². The minimum Gasteiger partial charge on any atom is -1.00 e. The van der Waals surface area contributed by atoms with Crippen molar-refractivity contribution in [2.24, 2.45) is 34.5 Å². The molecule has 4 heteroatoms. The monoisotopic (exact) mass is 394 g/mol. The molecule has 1 N–H and O–H groups in total. The third-order valence-corrected chi connectivity index (χ3v) is 8.37. The van der Waals surface area contributed by atoms with E-state index in [9.17, 15) is 9.59 Å². The molecule has 0 spiro atoms. The van der Waals surface area contributed by atoms with Crippen LogP contribution in [0.15, 0.2) is 36.0 Å². The first-order valence-corrected chi connectivity index (χ1v) is 10.1. The molecule has 0 aliphatic heterocycles. The second-order valence-electron chi connectivity index (χ2n) is 9.52. The predicted octanol–water partition coefficient (Wildman–Crippen LogP) is 2.06. The van der Waals surface area contributed by atoms with Gasteiger partial charge in [0, 0.05) is 12.8 Å². The molecule has 0 aromatic rings. The number of aliphatic carboxylic acids is 1. The number of allylic oxidation sites excluding steroid dienone is 5. The standard InChI is InChI=1S/C23H30O3.K.H/c1-14-12-20-17-5-4-15-13-16(24)8-10-22(15,2)19(17)9-11-23(20,3)18(14)6-7-21(25)26;;/h4-5,13,17-20H,1,6-12H2,2-3H3,(H,25,26);;/q;+1;-1/t17-,18+,19+,20+,22+,23-;;/m1../s1. The molecule has 2 saturated carbocycles. The van der Waals surface area contributed by atoms with Gasteiger partial charge in [0.15, 0.2) is 5.78 Å². The van der Waals surface area contributed by atoms with Crippen LogP contribution < -0.4 is 51.4 Å². The van der Waals surface area contributed by atoms with Gasteiger partial charge in [0.1, 0.15) is 0 Å². The molecule has 0 amide bonds. The van der Waals surface area contributed by atoms with E-state index in [4.69, 9.17) is 5.11 Å². The van der Waals surface area contributed by atoms with E-state index in [2.05, 4.69) is 32.6 Å². The van der Waals surface area contributed by atoms with Gasteiger partial charge in [0.25, 0.3) is 0 Å². The predicted molar refractivity (Wildman–Crippen MR) is 103 cm³/mol. The molecule has 6 atom stereocenters. The van der Waals surface area contributed by atoms with Crippen molar-refractivity contribution < 1.29 is 67.5 Å². The van der Waals surface area contributed by atoms with E-state index >= 15 is 0 Å². The fraction of sp³-hybridized carbons (Fsp3) is 0.652.